The lowest BCUT2D eigenvalue weighted by Gasteiger charge is -2.25. The fraction of sp³-hybridized carbons (Fsp3) is 0.167. The fourth-order valence-electron chi connectivity index (χ4n) is 3.08. The lowest BCUT2D eigenvalue weighted by molar-refractivity contribution is -0.119. The Kier molecular flexibility index (Phi) is 7.68. The third kappa shape index (κ3) is 5.89. The second-order valence-corrected chi connectivity index (χ2v) is 8.93. The zero-order valence-electron chi connectivity index (χ0n) is 18.6. The van der Waals surface area contributed by atoms with Crippen molar-refractivity contribution in [3.05, 3.63) is 83.9 Å². The number of hydrazone groups is 1. The summed E-state index contributed by atoms with van der Waals surface area (Å²) in [5.74, 6) is 0.363. The Bertz CT molecular complexity index is 1240. The van der Waals surface area contributed by atoms with Crippen LogP contribution in [-0.4, -0.2) is 41.3 Å². The summed E-state index contributed by atoms with van der Waals surface area (Å²) in [4.78, 5) is 12.8. The number of carbonyl (C=O) groups excluding carboxylic acids is 1. The summed E-state index contributed by atoms with van der Waals surface area (Å²) in [7, 11) is -1.06. The zero-order valence-corrected chi connectivity index (χ0v) is 19.4. The molecule has 0 radical (unpaired) electrons. The van der Waals surface area contributed by atoms with E-state index < -0.39 is 22.5 Å². The van der Waals surface area contributed by atoms with E-state index in [4.69, 9.17) is 9.47 Å². The SMILES string of the molecule is COc1cccc(/C=N\NC(=O)CN(c2cc(C)ccc2OC)S(=O)(=O)c2ccccc2)c1. The number of hydrogen-bond acceptors (Lipinski definition) is 6. The summed E-state index contributed by atoms with van der Waals surface area (Å²) in [6.45, 7) is 1.33. The third-order valence-electron chi connectivity index (χ3n) is 4.72. The maximum Gasteiger partial charge on any atom is 0.264 e. The molecule has 3 rings (SSSR count). The molecule has 33 heavy (non-hydrogen) atoms. The number of methoxy groups -OCH3 is 2. The summed E-state index contributed by atoms with van der Waals surface area (Å²) in [5, 5.41) is 3.95. The molecule has 0 aromatic heterocycles. The largest absolute Gasteiger partial charge is 0.497 e. The molecule has 8 nitrogen and oxygen atoms in total. The molecule has 0 aliphatic carbocycles. The molecule has 3 aromatic rings. The van der Waals surface area contributed by atoms with E-state index in [2.05, 4.69) is 10.5 Å². The molecule has 0 atom stereocenters. The van der Waals surface area contributed by atoms with Crippen LogP contribution in [0.5, 0.6) is 11.5 Å². The zero-order chi connectivity index (χ0) is 23.8. The van der Waals surface area contributed by atoms with Gasteiger partial charge in [-0.15, -0.1) is 0 Å². The first kappa shape index (κ1) is 23.8. The molecule has 0 fully saturated rings. The highest BCUT2D eigenvalue weighted by atomic mass is 32.2. The summed E-state index contributed by atoms with van der Waals surface area (Å²) in [6, 6.07) is 20.2. The van der Waals surface area contributed by atoms with E-state index in [1.165, 1.54) is 25.5 Å². The van der Waals surface area contributed by atoms with Gasteiger partial charge in [-0.25, -0.2) is 13.8 Å². The quantitative estimate of drug-likeness (QED) is 0.384. The van der Waals surface area contributed by atoms with Crippen LogP contribution in [0.25, 0.3) is 0 Å². The van der Waals surface area contributed by atoms with Crippen molar-refractivity contribution in [1.82, 2.24) is 5.43 Å². The average Bonchev–Trinajstić information content (AvgIpc) is 2.83. The van der Waals surface area contributed by atoms with Gasteiger partial charge in [0.15, 0.2) is 0 Å². The predicted octanol–water partition coefficient (Wildman–Crippen LogP) is 3.36. The maximum atomic E-state index is 13.5. The van der Waals surface area contributed by atoms with Gasteiger partial charge in [-0.2, -0.15) is 5.10 Å². The van der Waals surface area contributed by atoms with Gasteiger partial charge in [0.2, 0.25) is 0 Å². The van der Waals surface area contributed by atoms with Crippen molar-refractivity contribution in [3.63, 3.8) is 0 Å². The molecule has 0 bridgehead atoms. The first-order valence-electron chi connectivity index (χ1n) is 10.0. The van der Waals surface area contributed by atoms with Crippen LogP contribution in [0.1, 0.15) is 11.1 Å². The molecule has 3 aromatic carbocycles. The number of nitrogens with one attached hydrogen (secondary N) is 1. The van der Waals surface area contributed by atoms with E-state index in [1.807, 2.05) is 6.92 Å². The molecule has 9 heteroatoms. The van der Waals surface area contributed by atoms with E-state index in [0.717, 1.165) is 9.87 Å². The third-order valence-corrected chi connectivity index (χ3v) is 6.49. The Hall–Kier alpha value is -3.85. The van der Waals surface area contributed by atoms with Gasteiger partial charge in [-0.05, 0) is 54.4 Å². The molecule has 0 spiro atoms. The van der Waals surface area contributed by atoms with Gasteiger partial charge in [0, 0.05) is 0 Å². The highest BCUT2D eigenvalue weighted by Crippen LogP contribution is 2.33. The number of anilines is 1. The lowest BCUT2D eigenvalue weighted by Crippen LogP contribution is -2.39. The van der Waals surface area contributed by atoms with Crippen LogP contribution in [0.2, 0.25) is 0 Å². The smallest absolute Gasteiger partial charge is 0.264 e. The van der Waals surface area contributed by atoms with E-state index in [0.29, 0.717) is 17.1 Å². The van der Waals surface area contributed by atoms with Gasteiger partial charge >= 0.3 is 0 Å². The second kappa shape index (κ2) is 10.6. The molecular formula is C24H25N3O5S. The molecule has 1 N–H and O–H groups in total. The van der Waals surface area contributed by atoms with Gasteiger partial charge in [0.05, 0.1) is 31.0 Å². The molecule has 0 unspecified atom stereocenters. The topological polar surface area (TPSA) is 97.3 Å². The molecule has 0 heterocycles. The summed E-state index contributed by atoms with van der Waals surface area (Å²) < 4.78 is 38.5. The van der Waals surface area contributed by atoms with Crippen molar-refractivity contribution < 1.29 is 22.7 Å². The number of amides is 1. The normalized spacial score (nSPS) is 11.2. The minimum absolute atomic E-state index is 0.0567. The van der Waals surface area contributed by atoms with Gasteiger partial charge in [-0.1, -0.05) is 36.4 Å². The minimum atomic E-state index is -4.06. The molecular weight excluding hydrogens is 442 g/mol. The van der Waals surface area contributed by atoms with Crippen LogP contribution in [0, 0.1) is 6.92 Å². The van der Waals surface area contributed by atoms with Crippen LogP contribution in [-0.2, 0) is 14.8 Å². The number of ether oxygens (including phenoxy) is 2. The van der Waals surface area contributed by atoms with E-state index in [-0.39, 0.29) is 10.6 Å². The van der Waals surface area contributed by atoms with Gasteiger partial charge in [-0.3, -0.25) is 9.10 Å². The van der Waals surface area contributed by atoms with E-state index >= 15 is 0 Å². The Labute approximate surface area is 193 Å². The van der Waals surface area contributed by atoms with Crippen molar-refractivity contribution in [3.8, 4) is 11.5 Å². The summed E-state index contributed by atoms with van der Waals surface area (Å²) in [5.41, 5.74) is 4.17. The van der Waals surface area contributed by atoms with Crippen LogP contribution >= 0.6 is 0 Å². The Balaban J connectivity index is 1.89. The van der Waals surface area contributed by atoms with Gasteiger partial charge < -0.3 is 9.47 Å². The number of carbonyl (C=O) groups is 1. The number of hydrogen-bond donors (Lipinski definition) is 1. The van der Waals surface area contributed by atoms with Crippen LogP contribution in [0.15, 0.2) is 82.8 Å². The minimum Gasteiger partial charge on any atom is -0.497 e. The molecule has 0 aliphatic heterocycles. The summed E-state index contributed by atoms with van der Waals surface area (Å²) >= 11 is 0. The fourth-order valence-corrected chi connectivity index (χ4v) is 4.53. The Morgan fingerprint density at radius 1 is 1.00 bits per heavy atom. The predicted molar refractivity (Wildman–Crippen MR) is 127 cm³/mol. The molecule has 0 aliphatic rings. The highest BCUT2D eigenvalue weighted by molar-refractivity contribution is 7.92. The summed E-state index contributed by atoms with van der Waals surface area (Å²) in [6.07, 6.45) is 1.45. The standard InChI is InChI=1S/C24H25N3O5S/c1-18-12-13-23(32-3)22(14-18)27(33(29,30)21-10-5-4-6-11-21)17-24(28)26-25-16-19-8-7-9-20(15-19)31-2/h4-16H,17H2,1-3H3,(H,26,28)/b25-16-. The molecule has 0 saturated heterocycles. The van der Waals surface area contributed by atoms with Crippen molar-refractivity contribution in [1.29, 1.82) is 0 Å². The Morgan fingerprint density at radius 2 is 1.76 bits per heavy atom. The van der Waals surface area contributed by atoms with Gasteiger partial charge in [0.25, 0.3) is 15.9 Å². The number of aryl methyl sites for hydroxylation is 1. The van der Waals surface area contributed by atoms with Crippen LogP contribution in [0.4, 0.5) is 5.69 Å². The molecule has 0 saturated carbocycles. The number of rotatable bonds is 9. The first-order chi connectivity index (χ1) is 15.8. The first-order valence-corrected chi connectivity index (χ1v) is 11.5. The van der Waals surface area contributed by atoms with Crippen molar-refractivity contribution >= 4 is 27.8 Å². The molecule has 172 valence electrons. The van der Waals surface area contributed by atoms with Crippen molar-refractivity contribution in [2.24, 2.45) is 5.10 Å². The monoisotopic (exact) mass is 467 g/mol. The second-order valence-electron chi connectivity index (χ2n) is 7.07. The van der Waals surface area contributed by atoms with Crippen molar-refractivity contribution in [2.75, 3.05) is 25.1 Å². The Morgan fingerprint density at radius 3 is 2.45 bits per heavy atom. The van der Waals surface area contributed by atoms with Gasteiger partial charge in [0.1, 0.15) is 18.0 Å². The van der Waals surface area contributed by atoms with Crippen LogP contribution in [0.3, 0.4) is 0 Å². The van der Waals surface area contributed by atoms with Crippen LogP contribution < -0.4 is 19.2 Å². The maximum absolute atomic E-state index is 13.5. The highest BCUT2D eigenvalue weighted by Gasteiger charge is 2.29. The van der Waals surface area contributed by atoms with E-state index in [1.54, 1.807) is 67.8 Å². The lowest BCUT2D eigenvalue weighted by atomic mass is 10.2. The number of nitrogens with zero attached hydrogens (tertiary/aromatic N) is 2. The van der Waals surface area contributed by atoms with E-state index in [9.17, 15) is 13.2 Å². The average molecular weight is 468 g/mol. The number of sulfonamides is 1. The van der Waals surface area contributed by atoms with Crippen molar-refractivity contribution in [2.45, 2.75) is 11.8 Å². The molecule has 1 amide bonds. The number of benzene rings is 3.